The van der Waals surface area contributed by atoms with Gasteiger partial charge in [0, 0.05) is 12.6 Å². The molecule has 0 fully saturated rings. The zero-order chi connectivity index (χ0) is 14.7. The summed E-state index contributed by atoms with van der Waals surface area (Å²) in [7, 11) is 1.68. The fourth-order valence-electron chi connectivity index (χ4n) is 2.39. The SMILES string of the molecule is COc1ccc2nc(C(C)Cl)n(CC(C)CSC)c2c1. The highest BCUT2D eigenvalue weighted by atomic mass is 35.5. The van der Waals surface area contributed by atoms with E-state index in [1.807, 2.05) is 36.9 Å². The lowest BCUT2D eigenvalue weighted by Crippen LogP contribution is -2.13. The number of nitrogens with zero attached hydrogens (tertiary/aromatic N) is 2. The van der Waals surface area contributed by atoms with E-state index in [0.29, 0.717) is 5.92 Å². The summed E-state index contributed by atoms with van der Waals surface area (Å²) in [5.41, 5.74) is 2.07. The number of rotatable bonds is 6. The molecule has 2 atom stereocenters. The van der Waals surface area contributed by atoms with Crippen LogP contribution in [0.25, 0.3) is 11.0 Å². The molecule has 0 bridgehead atoms. The van der Waals surface area contributed by atoms with Gasteiger partial charge in [-0.2, -0.15) is 11.8 Å². The molecule has 2 aromatic rings. The minimum atomic E-state index is -0.102. The van der Waals surface area contributed by atoms with Crippen molar-refractivity contribution in [2.24, 2.45) is 5.92 Å². The number of methoxy groups -OCH3 is 1. The molecule has 20 heavy (non-hydrogen) atoms. The number of fused-ring (bicyclic) bond motifs is 1. The van der Waals surface area contributed by atoms with Crippen LogP contribution in [-0.4, -0.2) is 28.7 Å². The Morgan fingerprint density at radius 1 is 1.40 bits per heavy atom. The molecule has 0 aliphatic heterocycles. The number of hydrogen-bond acceptors (Lipinski definition) is 3. The Morgan fingerprint density at radius 3 is 2.75 bits per heavy atom. The highest BCUT2D eigenvalue weighted by Gasteiger charge is 2.17. The predicted molar refractivity (Wildman–Crippen MR) is 88.1 cm³/mol. The lowest BCUT2D eigenvalue weighted by Gasteiger charge is -2.15. The quantitative estimate of drug-likeness (QED) is 0.742. The lowest BCUT2D eigenvalue weighted by atomic mass is 10.2. The highest BCUT2D eigenvalue weighted by molar-refractivity contribution is 7.98. The van der Waals surface area contributed by atoms with Gasteiger partial charge in [-0.25, -0.2) is 4.98 Å². The van der Waals surface area contributed by atoms with E-state index in [1.165, 1.54) is 0 Å². The first-order valence-electron chi connectivity index (χ1n) is 6.74. The first-order valence-corrected chi connectivity index (χ1v) is 8.57. The molecule has 0 radical (unpaired) electrons. The molecular weight excluding hydrogens is 292 g/mol. The van der Waals surface area contributed by atoms with Crippen molar-refractivity contribution in [2.75, 3.05) is 19.1 Å². The van der Waals surface area contributed by atoms with Gasteiger partial charge in [0.15, 0.2) is 0 Å². The van der Waals surface area contributed by atoms with E-state index in [0.717, 1.165) is 34.9 Å². The van der Waals surface area contributed by atoms with Crippen LogP contribution >= 0.6 is 23.4 Å². The van der Waals surface area contributed by atoms with Gasteiger partial charge in [0.1, 0.15) is 11.6 Å². The number of halogens is 1. The van der Waals surface area contributed by atoms with E-state index in [9.17, 15) is 0 Å². The molecule has 110 valence electrons. The maximum absolute atomic E-state index is 6.29. The van der Waals surface area contributed by atoms with Crippen molar-refractivity contribution in [3.63, 3.8) is 0 Å². The third kappa shape index (κ3) is 3.23. The average molecular weight is 313 g/mol. The summed E-state index contributed by atoms with van der Waals surface area (Å²) < 4.78 is 7.55. The third-order valence-corrected chi connectivity index (χ3v) is 4.38. The normalized spacial score (nSPS) is 14.4. The minimum absolute atomic E-state index is 0.102. The Labute approximate surface area is 129 Å². The Balaban J connectivity index is 2.48. The lowest BCUT2D eigenvalue weighted by molar-refractivity contribution is 0.415. The summed E-state index contributed by atoms with van der Waals surface area (Å²) in [5.74, 6) is 3.48. The van der Waals surface area contributed by atoms with Crippen LogP contribution in [0.4, 0.5) is 0 Å². The number of benzene rings is 1. The third-order valence-electron chi connectivity index (χ3n) is 3.29. The molecule has 0 aliphatic rings. The first kappa shape index (κ1) is 15.5. The van der Waals surface area contributed by atoms with E-state index in [1.54, 1.807) is 7.11 Å². The van der Waals surface area contributed by atoms with Gasteiger partial charge in [-0.1, -0.05) is 6.92 Å². The van der Waals surface area contributed by atoms with Crippen molar-refractivity contribution in [3.05, 3.63) is 24.0 Å². The zero-order valence-electron chi connectivity index (χ0n) is 12.4. The molecule has 2 unspecified atom stereocenters. The van der Waals surface area contributed by atoms with Gasteiger partial charge in [-0.3, -0.25) is 0 Å². The molecule has 1 aromatic carbocycles. The van der Waals surface area contributed by atoms with Crippen molar-refractivity contribution >= 4 is 34.4 Å². The average Bonchev–Trinajstić information content (AvgIpc) is 2.77. The minimum Gasteiger partial charge on any atom is -0.497 e. The molecule has 0 saturated carbocycles. The second-order valence-corrected chi connectivity index (χ2v) is 6.68. The Morgan fingerprint density at radius 2 is 2.15 bits per heavy atom. The van der Waals surface area contributed by atoms with Crippen LogP contribution in [0.1, 0.15) is 25.0 Å². The van der Waals surface area contributed by atoms with E-state index >= 15 is 0 Å². The monoisotopic (exact) mass is 312 g/mol. The van der Waals surface area contributed by atoms with Gasteiger partial charge in [0.05, 0.1) is 23.5 Å². The predicted octanol–water partition coefficient (Wildman–Crippen LogP) is 4.34. The van der Waals surface area contributed by atoms with Gasteiger partial charge in [0.25, 0.3) is 0 Å². The fourth-order valence-corrected chi connectivity index (χ4v) is 3.23. The highest BCUT2D eigenvalue weighted by Crippen LogP contribution is 2.28. The zero-order valence-corrected chi connectivity index (χ0v) is 14.0. The van der Waals surface area contributed by atoms with Crippen LogP contribution < -0.4 is 4.74 Å². The van der Waals surface area contributed by atoms with Crippen molar-refractivity contribution < 1.29 is 4.74 Å². The largest absolute Gasteiger partial charge is 0.497 e. The summed E-state index contributed by atoms with van der Waals surface area (Å²) in [5, 5.41) is -0.102. The fraction of sp³-hybridized carbons (Fsp3) is 0.533. The van der Waals surface area contributed by atoms with E-state index in [2.05, 4.69) is 22.7 Å². The summed E-state index contributed by atoms with van der Waals surface area (Å²) in [6, 6.07) is 5.97. The number of ether oxygens (including phenoxy) is 1. The van der Waals surface area contributed by atoms with Gasteiger partial charge >= 0.3 is 0 Å². The van der Waals surface area contributed by atoms with Gasteiger partial charge < -0.3 is 9.30 Å². The van der Waals surface area contributed by atoms with E-state index < -0.39 is 0 Å². The van der Waals surface area contributed by atoms with Crippen LogP contribution in [0, 0.1) is 5.92 Å². The van der Waals surface area contributed by atoms with E-state index in [-0.39, 0.29) is 5.38 Å². The molecule has 0 aliphatic carbocycles. The molecule has 0 amide bonds. The van der Waals surface area contributed by atoms with Crippen LogP contribution in [0.5, 0.6) is 5.75 Å². The number of thioether (sulfide) groups is 1. The number of aromatic nitrogens is 2. The summed E-state index contributed by atoms with van der Waals surface area (Å²) in [4.78, 5) is 4.67. The van der Waals surface area contributed by atoms with Crippen molar-refractivity contribution in [2.45, 2.75) is 25.8 Å². The molecule has 0 saturated heterocycles. The van der Waals surface area contributed by atoms with Crippen molar-refractivity contribution in [3.8, 4) is 5.75 Å². The van der Waals surface area contributed by atoms with Crippen LogP contribution in [0.2, 0.25) is 0 Å². The maximum Gasteiger partial charge on any atom is 0.127 e. The molecule has 3 nitrogen and oxygen atoms in total. The van der Waals surface area contributed by atoms with Gasteiger partial charge in [-0.05, 0) is 37.0 Å². The number of alkyl halides is 1. The number of imidazole rings is 1. The number of hydrogen-bond donors (Lipinski definition) is 0. The smallest absolute Gasteiger partial charge is 0.127 e. The molecule has 0 N–H and O–H groups in total. The Bertz CT molecular complexity index is 583. The maximum atomic E-state index is 6.29. The molecule has 1 aromatic heterocycles. The molecule has 2 rings (SSSR count). The Hall–Kier alpha value is -0.870. The first-order chi connectivity index (χ1) is 9.56. The van der Waals surface area contributed by atoms with Crippen LogP contribution in [0.3, 0.4) is 0 Å². The molecule has 0 spiro atoms. The second-order valence-electron chi connectivity index (χ2n) is 5.11. The molecular formula is C15H21ClN2OS. The summed E-state index contributed by atoms with van der Waals surface area (Å²) in [6.07, 6.45) is 2.14. The van der Waals surface area contributed by atoms with E-state index in [4.69, 9.17) is 16.3 Å². The van der Waals surface area contributed by atoms with Crippen molar-refractivity contribution in [1.29, 1.82) is 0 Å². The van der Waals surface area contributed by atoms with Gasteiger partial charge in [-0.15, -0.1) is 11.6 Å². The van der Waals surface area contributed by atoms with Crippen LogP contribution in [-0.2, 0) is 6.54 Å². The standard InChI is InChI=1S/C15H21ClN2OS/c1-10(9-20-4)8-18-14-7-12(19-3)5-6-13(14)17-15(18)11(2)16/h5-7,10-11H,8-9H2,1-4H3. The van der Waals surface area contributed by atoms with Crippen LogP contribution in [0.15, 0.2) is 18.2 Å². The summed E-state index contributed by atoms with van der Waals surface area (Å²) >= 11 is 8.16. The Kier molecular flexibility index (Phi) is 5.22. The second kappa shape index (κ2) is 6.72. The van der Waals surface area contributed by atoms with Crippen molar-refractivity contribution in [1.82, 2.24) is 9.55 Å². The van der Waals surface area contributed by atoms with Gasteiger partial charge in [0.2, 0.25) is 0 Å². The summed E-state index contributed by atoms with van der Waals surface area (Å²) in [6.45, 7) is 5.15. The molecule has 1 heterocycles. The topological polar surface area (TPSA) is 27.1 Å². The molecule has 5 heteroatoms.